The number of carboxylic acid groups (broad SMARTS) is 1. The van der Waals surface area contributed by atoms with E-state index in [9.17, 15) is 24.2 Å². The minimum absolute atomic E-state index is 0.0943. The van der Waals surface area contributed by atoms with E-state index in [1.807, 2.05) is 13.8 Å². The van der Waals surface area contributed by atoms with Gasteiger partial charge in [-0.3, -0.25) is 14.4 Å². The fourth-order valence-electron chi connectivity index (χ4n) is 3.72. The third kappa shape index (κ3) is 6.83. The zero-order chi connectivity index (χ0) is 24.7. The molecule has 2 rings (SSSR count). The molecule has 0 fully saturated rings. The van der Waals surface area contributed by atoms with Crippen molar-refractivity contribution in [2.45, 2.75) is 64.7 Å². The Morgan fingerprint density at radius 3 is 2.33 bits per heavy atom. The van der Waals surface area contributed by atoms with Gasteiger partial charge in [0, 0.05) is 18.7 Å². The molecule has 10 heteroatoms. The number of carbonyl (C=O) groups is 2. The average molecular weight is 466 g/mol. The van der Waals surface area contributed by atoms with Crippen LogP contribution in [0.15, 0.2) is 24.3 Å². The number of aliphatic carboxylic acids is 1. The normalized spacial score (nSPS) is 13.2. The smallest absolute Gasteiger partial charge is 0.305 e. The van der Waals surface area contributed by atoms with Crippen LogP contribution in [-0.2, 0) is 16.2 Å². The number of amides is 1. The number of hydrogen-bond acceptors (Lipinski definition) is 6. The van der Waals surface area contributed by atoms with Gasteiger partial charge in [-0.2, -0.15) is 0 Å². The van der Waals surface area contributed by atoms with Gasteiger partial charge in [0.25, 0.3) is 5.91 Å². The number of carboxylic acids is 1. The van der Waals surface area contributed by atoms with Crippen molar-refractivity contribution >= 4 is 11.9 Å². The van der Waals surface area contributed by atoms with E-state index in [4.69, 9.17) is 9.94 Å². The minimum atomic E-state index is -1.17. The lowest BCUT2D eigenvalue weighted by Crippen LogP contribution is -2.31. The minimum Gasteiger partial charge on any atom is -0.481 e. The first-order chi connectivity index (χ1) is 15.6. The summed E-state index contributed by atoms with van der Waals surface area (Å²) in [4.78, 5) is 33.6. The van der Waals surface area contributed by atoms with Gasteiger partial charge in [-0.15, -0.1) is 0 Å². The van der Waals surface area contributed by atoms with Crippen molar-refractivity contribution in [1.82, 2.24) is 14.6 Å². The zero-order valence-electron chi connectivity index (χ0n) is 19.4. The Bertz CT molecular complexity index is 940. The summed E-state index contributed by atoms with van der Waals surface area (Å²) < 4.78 is 15.3. The number of hydroxylamine groups is 2. The Hall–Kier alpha value is -2.82. The van der Waals surface area contributed by atoms with Gasteiger partial charge in [-0.1, -0.05) is 13.8 Å². The number of rotatable bonds is 12. The largest absolute Gasteiger partial charge is 0.481 e. The van der Waals surface area contributed by atoms with Gasteiger partial charge in [0.1, 0.15) is 11.6 Å². The monoisotopic (exact) mass is 465 g/mol. The molecule has 1 amide bonds. The van der Waals surface area contributed by atoms with Crippen LogP contribution in [-0.4, -0.2) is 67.7 Å². The van der Waals surface area contributed by atoms with Crippen molar-refractivity contribution in [3.63, 3.8) is 0 Å². The molecular weight excluding hydrogens is 433 g/mol. The topological polar surface area (TPSA) is 125 Å². The molecule has 182 valence electrons. The summed E-state index contributed by atoms with van der Waals surface area (Å²) in [7, 11) is 1.40. The average Bonchev–Trinajstić information content (AvgIpc) is 3.12. The van der Waals surface area contributed by atoms with Gasteiger partial charge in [-0.25, -0.2) is 14.4 Å². The number of nitrogens with zero attached hydrogens (tertiary/aromatic N) is 3. The highest BCUT2D eigenvalue weighted by atomic mass is 19.1. The zero-order valence-corrected chi connectivity index (χ0v) is 19.4. The van der Waals surface area contributed by atoms with Crippen molar-refractivity contribution in [2.75, 3.05) is 13.7 Å². The van der Waals surface area contributed by atoms with Crippen molar-refractivity contribution in [3.8, 4) is 11.4 Å². The van der Waals surface area contributed by atoms with E-state index >= 15 is 0 Å². The second kappa shape index (κ2) is 11.9. The molecule has 0 aliphatic rings. The van der Waals surface area contributed by atoms with Gasteiger partial charge in [0.15, 0.2) is 5.69 Å². The van der Waals surface area contributed by atoms with E-state index in [-0.39, 0.29) is 31.0 Å². The maximum atomic E-state index is 13.5. The molecular formula is C23H32FN3O6. The predicted octanol–water partition coefficient (Wildman–Crippen LogP) is 2.81. The Morgan fingerprint density at radius 1 is 1.18 bits per heavy atom. The van der Waals surface area contributed by atoms with E-state index in [2.05, 4.69) is 4.98 Å². The van der Waals surface area contributed by atoms with Crippen LogP contribution >= 0.6 is 0 Å². The van der Waals surface area contributed by atoms with Crippen LogP contribution in [0.3, 0.4) is 0 Å². The number of carbonyl (C=O) groups excluding carboxylic acids is 1. The molecule has 0 radical (unpaired) electrons. The van der Waals surface area contributed by atoms with Crippen molar-refractivity contribution in [3.05, 3.63) is 41.5 Å². The molecule has 0 aliphatic heterocycles. The first-order valence-electron chi connectivity index (χ1n) is 10.9. The molecule has 33 heavy (non-hydrogen) atoms. The number of aromatic nitrogens is 2. The molecule has 1 heterocycles. The molecule has 9 nitrogen and oxygen atoms in total. The highest BCUT2D eigenvalue weighted by Gasteiger charge is 2.28. The van der Waals surface area contributed by atoms with Crippen molar-refractivity contribution in [1.29, 1.82) is 0 Å². The third-order valence-electron chi connectivity index (χ3n) is 5.23. The lowest BCUT2D eigenvalue weighted by atomic mass is 10.0. The van der Waals surface area contributed by atoms with E-state index in [1.54, 1.807) is 23.6 Å². The number of imidazole rings is 1. The van der Waals surface area contributed by atoms with Crippen molar-refractivity contribution < 1.29 is 34.1 Å². The lowest BCUT2D eigenvalue weighted by Gasteiger charge is -2.20. The van der Waals surface area contributed by atoms with Gasteiger partial charge in [0.2, 0.25) is 0 Å². The number of halogens is 1. The Kier molecular flexibility index (Phi) is 9.51. The Labute approximate surface area is 192 Å². The van der Waals surface area contributed by atoms with Crippen LogP contribution in [0.5, 0.6) is 0 Å². The maximum absolute atomic E-state index is 13.5. The first-order valence-corrected chi connectivity index (χ1v) is 10.9. The summed E-state index contributed by atoms with van der Waals surface area (Å²) in [6.45, 7) is 6.16. The van der Waals surface area contributed by atoms with E-state index in [0.717, 1.165) is 0 Å². The molecule has 0 saturated heterocycles. The molecule has 0 aliphatic carbocycles. The summed E-state index contributed by atoms with van der Waals surface area (Å²) >= 11 is 0. The highest BCUT2D eigenvalue weighted by Crippen LogP contribution is 2.29. The molecule has 2 atom stereocenters. The van der Waals surface area contributed by atoms with E-state index in [1.165, 1.54) is 24.3 Å². The lowest BCUT2D eigenvalue weighted by molar-refractivity contribution is -0.139. The van der Waals surface area contributed by atoms with Gasteiger partial charge in [-0.05, 0) is 49.9 Å². The summed E-state index contributed by atoms with van der Waals surface area (Å²) in [6, 6.07) is 5.73. The third-order valence-corrected chi connectivity index (χ3v) is 5.23. The summed E-state index contributed by atoms with van der Waals surface area (Å²) in [5.41, 5.74) is 1.43. The molecule has 0 saturated carbocycles. The number of hydrogen-bond donors (Lipinski definition) is 3. The van der Waals surface area contributed by atoms with Crippen molar-refractivity contribution in [2.24, 2.45) is 0 Å². The molecule has 0 unspecified atom stereocenters. The van der Waals surface area contributed by atoms with Crippen LogP contribution < -0.4 is 0 Å². The number of aliphatic hydroxyl groups excluding tert-OH is 2. The fraction of sp³-hybridized carbons (Fsp3) is 0.522. The van der Waals surface area contributed by atoms with Gasteiger partial charge < -0.3 is 19.9 Å². The Morgan fingerprint density at radius 2 is 1.82 bits per heavy atom. The maximum Gasteiger partial charge on any atom is 0.305 e. The van der Waals surface area contributed by atoms with Gasteiger partial charge in [0.05, 0.1) is 31.4 Å². The predicted molar refractivity (Wildman–Crippen MR) is 119 cm³/mol. The molecule has 1 aromatic carbocycles. The van der Waals surface area contributed by atoms with Crippen LogP contribution in [0.4, 0.5) is 4.39 Å². The molecule has 0 spiro atoms. The van der Waals surface area contributed by atoms with Crippen LogP contribution in [0.1, 0.15) is 62.1 Å². The summed E-state index contributed by atoms with van der Waals surface area (Å²) in [6.07, 6.45) is -2.49. The first kappa shape index (κ1) is 26.4. The molecule has 3 N–H and O–H groups in total. The van der Waals surface area contributed by atoms with Crippen LogP contribution in [0, 0.1) is 5.82 Å². The van der Waals surface area contributed by atoms with E-state index < -0.39 is 36.3 Å². The molecule has 0 bridgehead atoms. The summed E-state index contributed by atoms with van der Waals surface area (Å²) in [5.74, 6) is -1.64. The number of aliphatic hydroxyl groups is 2. The van der Waals surface area contributed by atoms with Crippen LogP contribution in [0.25, 0.3) is 11.4 Å². The summed E-state index contributed by atoms with van der Waals surface area (Å²) in [5, 5.41) is 30.2. The SMILES string of the molecule is CCN(OC)C(=O)c1nc(-c2ccc(F)cc2)n(CC[C@@H](O)C[C@@H](O)CC(=O)O)c1C(C)C. The van der Waals surface area contributed by atoms with E-state index in [0.29, 0.717) is 23.6 Å². The Balaban J connectivity index is 2.45. The fourth-order valence-corrected chi connectivity index (χ4v) is 3.72. The quantitative estimate of drug-likeness (QED) is 0.412. The second-order valence-electron chi connectivity index (χ2n) is 8.09. The standard InChI is InChI=1S/C23H32FN3O6/c1-5-27(33-4)23(32)20-21(14(2)3)26(11-10-17(28)12-18(29)13-19(30)31)22(25-20)15-6-8-16(24)9-7-15/h6-9,14,17-18,28-29H,5,10-13H2,1-4H3,(H,30,31)/t17-,18-/m1/s1. The second-order valence-corrected chi connectivity index (χ2v) is 8.09. The molecule has 1 aromatic heterocycles. The molecule has 2 aromatic rings. The van der Waals surface area contributed by atoms with Crippen LogP contribution in [0.2, 0.25) is 0 Å². The number of benzene rings is 1. The van der Waals surface area contributed by atoms with Gasteiger partial charge >= 0.3 is 5.97 Å². The highest BCUT2D eigenvalue weighted by molar-refractivity contribution is 5.93.